The van der Waals surface area contributed by atoms with E-state index in [1.54, 1.807) is 0 Å². The van der Waals surface area contributed by atoms with Gasteiger partial charge in [0.2, 0.25) is 0 Å². The first-order valence-corrected chi connectivity index (χ1v) is 8.06. The summed E-state index contributed by atoms with van der Waals surface area (Å²) in [5.41, 5.74) is 0. The lowest BCUT2D eigenvalue weighted by Gasteiger charge is -2.18. The van der Waals surface area contributed by atoms with Gasteiger partial charge in [-0.2, -0.15) is 11.8 Å². The summed E-state index contributed by atoms with van der Waals surface area (Å²) in [6, 6.07) is 0.0188. The SMILES string of the molecule is O=C(O)CCC1CCN(C(=O)NCC2CCCS2)C1. The molecule has 0 aliphatic carbocycles. The number of carboxylic acids is 1. The Morgan fingerprint density at radius 2 is 2.21 bits per heavy atom. The summed E-state index contributed by atoms with van der Waals surface area (Å²) in [4.78, 5) is 24.3. The van der Waals surface area contributed by atoms with Crippen LogP contribution in [0.25, 0.3) is 0 Å². The lowest BCUT2D eigenvalue weighted by atomic mass is 10.0. The minimum atomic E-state index is -0.749. The van der Waals surface area contributed by atoms with Gasteiger partial charge in [-0.3, -0.25) is 4.79 Å². The first-order chi connectivity index (χ1) is 9.15. The fraction of sp³-hybridized carbons (Fsp3) is 0.846. The van der Waals surface area contributed by atoms with Gasteiger partial charge in [0.05, 0.1) is 0 Å². The van der Waals surface area contributed by atoms with Crippen molar-refractivity contribution in [3.63, 3.8) is 0 Å². The van der Waals surface area contributed by atoms with Crippen LogP contribution in [-0.4, -0.2) is 52.6 Å². The second kappa shape index (κ2) is 7.03. The molecule has 2 N–H and O–H groups in total. The highest BCUT2D eigenvalue weighted by Gasteiger charge is 2.27. The second-order valence-electron chi connectivity index (χ2n) is 5.35. The van der Waals surface area contributed by atoms with Gasteiger partial charge in [-0.25, -0.2) is 4.79 Å². The van der Waals surface area contributed by atoms with Crippen molar-refractivity contribution in [3.8, 4) is 0 Å². The molecule has 2 atom stereocenters. The van der Waals surface area contributed by atoms with Crippen LogP contribution < -0.4 is 5.32 Å². The Morgan fingerprint density at radius 1 is 1.37 bits per heavy atom. The summed E-state index contributed by atoms with van der Waals surface area (Å²) < 4.78 is 0. The highest BCUT2D eigenvalue weighted by Crippen LogP contribution is 2.25. The number of hydrogen-bond donors (Lipinski definition) is 2. The minimum Gasteiger partial charge on any atom is -0.481 e. The van der Waals surface area contributed by atoms with E-state index in [2.05, 4.69) is 5.32 Å². The third-order valence-corrected chi connectivity index (χ3v) is 5.24. The van der Waals surface area contributed by atoms with Gasteiger partial charge < -0.3 is 15.3 Å². The molecular weight excluding hydrogens is 264 g/mol. The fourth-order valence-corrected chi connectivity index (χ4v) is 3.90. The molecule has 2 unspecified atom stereocenters. The first kappa shape index (κ1) is 14.5. The maximum absolute atomic E-state index is 12.0. The molecular formula is C13H22N2O3S. The standard InChI is InChI=1S/C13H22N2O3S/c16-12(17)4-3-10-5-6-15(9-10)13(18)14-8-11-2-1-7-19-11/h10-11H,1-9H2,(H,14,18)(H,16,17). The molecule has 2 saturated heterocycles. The predicted octanol–water partition coefficient (Wildman–Crippen LogP) is 1.78. The molecule has 2 aliphatic rings. The molecule has 0 aromatic carbocycles. The van der Waals surface area contributed by atoms with Crippen LogP contribution in [0.4, 0.5) is 4.79 Å². The van der Waals surface area contributed by atoms with Crippen LogP contribution in [0.15, 0.2) is 0 Å². The van der Waals surface area contributed by atoms with E-state index in [-0.39, 0.29) is 12.5 Å². The van der Waals surface area contributed by atoms with Crippen molar-refractivity contribution < 1.29 is 14.7 Å². The van der Waals surface area contributed by atoms with Crippen LogP contribution in [0.1, 0.15) is 32.1 Å². The molecule has 6 heteroatoms. The van der Waals surface area contributed by atoms with Gasteiger partial charge in [0.15, 0.2) is 0 Å². The van der Waals surface area contributed by atoms with E-state index in [0.29, 0.717) is 24.1 Å². The van der Waals surface area contributed by atoms with Gasteiger partial charge in [-0.1, -0.05) is 0 Å². The Hall–Kier alpha value is -0.910. The monoisotopic (exact) mass is 286 g/mol. The number of thioether (sulfide) groups is 1. The second-order valence-corrected chi connectivity index (χ2v) is 6.76. The van der Waals surface area contributed by atoms with Crippen molar-refractivity contribution in [1.29, 1.82) is 0 Å². The molecule has 5 nitrogen and oxygen atoms in total. The van der Waals surface area contributed by atoms with E-state index >= 15 is 0 Å². The van der Waals surface area contributed by atoms with Crippen molar-refractivity contribution in [1.82, 2.24) is 10.2 Å². The topological polar surface area (TPSA) is 69.6 Å². The molecule has 0 aromatic heterocycles. The molecule has 2 fully saturated rings. The Balaban J connectivity index is 1.64. The van der Waals surface area contributed by atoms with Crippen LogP contribution in [0, 0.1) is 5.92 Å². The van der Waals surface area contributed by atoms with E-state index in [0.717, 1.165) is 19.5 Å². The fourth-order valence-electron chi connectivity index (χ4n) is 2.70. The number of urea groups is 1. The van der Waals surface area contributed by atoms with Crippen LogP contribution in [0.5, 0.6) is 0 Å². The predicted molar refractivity (Wildman–Crippen MR) is 75.4 cm³/mol. The molecule has 19 heavy (non-hydrogen) atoms. The Labute approximate surface area is 118 Å². The summed E-state index contributed by atoms with van der Waals surface area (Å²) in [6.45, 7) is 2.23. The number of aliphatic carboxylic acids is 1. The van der Waals surface area contributed by atoms with Crippen molar-refractivity contribution in [2.75, 3.05) is 25.4 Å². The summed E-state index contributed by atoms with van der Waals surface area (Å²) in [7, 11) is 0. The van der Waals surface area contributed by atoms with E-state index in [9.17, 15) is 9.59 Å². The molecule has 2 rings (SSSR count). The average Bonchev–Trinajstić information content (AvgIpc) is 3.04. The normalized spacial score (nSPS) is 26.6. The summed E-state index contributed by atoms with van der Waals surface area (Å²) in [5, 5.41) is 12.2. The molecule has 2 amide bonds. The summed E-state index contributed by atoms with van der Waals surface area (Å²) >= 11 is 1.94. The lowest BCUT2D eigenvalue weighted by molar-refractivity contribution is -0.137. The molecule has 108 valence electrons. The number of hydrogen-bond acceptors (Lipinski definition) is 3. The van der Waals surface area contributed by atoms with E-state index in [1.807, 2.05) is 16.7 Å². The largest absolute Gasteiger partial charge is 0.481 e. The molecule has 2 aliphatic heterocycles. The maximum atomic E-state index is 12.0. The Kier molecular flexibility index (Phi) is 5.36. The van der Waals surface area contributed by atoms with E-state index < -0.39 is 5.97 Å². The molecule has 0 saturated carbocycles. The number of carboxylic acid groups (broad SMARTS) is 1. The van der Waals surface area contributed by atoms with E-state index in [4.69, 9.17) is 5.11 Å². The quantitative estimate of drug-likeness (QED) is 0.808. The van der Waals surface area contributed by atoms with Gasteiger partial charge in [-0.15, -0.1) is 0 Å². The Morgan fingerprint density at radius 3 is 2.89 bits per heavy atom. The van der Waals surface area contributed by atoms with Crippen molar-refractivity contribution in [2.24, 2.45) is 5.92 Å². The van der Waals surface area contributed by atoms with Crippen molar-refractivity contribution >= 4 is 23.8 Å². The minimum absolute atomic E-state index is 0.0188. The molecule has 2 heterocycles. The molecule has 0 radical (unpaired) electrons. The molecule has 0 aromatic rings. The van der Waals surface area contributed by atoms with E-state index in [1.165, 1.54) is 18.6 Å². The number of nitrogens with zero attached hydrogens (tertiary/aromatic N) is 1. The third-order valence-electron chi connectivity index (χ3n) is 3.84. The van der Waals surface area contributed by atoms with Gasteiger partial charge in [-0.05, 0) is 37.4 Å². The van der Waals surface area contributed by atoms with Gasteiger partial charge in [0.25, 0.3) is 0 Å². The highest BCUT2D eigenvalue weighted by molar-refractivity contribution is 8.00. The van der Waals surface area contributed by atoms with Crippen LogP contribution in [0.3, 0.4) is 0 Å². The van der Waals surface area contributed by atoms with Crippen LogP contribution >= 0.6 is 11.8 Å². The number of carbonyl (C=O) groups excluding carboxylic acids is 1. The van der Waals surface area contributed by atoms with Crippen molar-refractivity contribution in [3.05, 3.63) is 0 Å². The van der Waals surface area contributed by atoms with Crippen molar-refractivity contribution in [2.45, 2.75) is 37.4 Å². The lowest BCUT2D eigenvalue weighted by Crippen LogP contribution is -2.40. The average molecular weight is 286 g/mol. The number of carbonyl (C=O) groups is 2. The summed E-state index contributed by atoms with van der Waals surface area (Å²) in [6.07, 6.45) is 4.27. The van der Waals surface area contributed by atoms with Gasteiger partial charge in [0.1, 0.15) is 0 Å². The van der Waals surface area contributed by atoms with Gasteiger partial charge in [0, 0.05) is 31.3 Å². The first-order valence-electron chi connectivity index (χ1n) is 7.01. The Bertz CT molecular complexity index is 332. The zero-order valence-electron chi connectivity index (χ0n) is 11.1. The smallest absolute Gasteiger partial charge is 0.317 e. The highest BCUT2D eigenvalue weighted by atomic mass is 32.2. The number of rotatable bonds is 5. The zero-order chi connectivity index (χ0) is 13.7. The maximum Gasteiger partial charge on any atom is 0.317 e. The van der Waals surface area contributed by atoms with Crippen LogP contribution in [0.2, 0.25) is 0 Å². The zero-order valence-corrected chi connectivity index (χ0v) is 12.0. The molecule has 0 bridgehead atoms. The van der Waals surface area contributed by atoms with Gasteiger partial charge >= 0.3 is 12.0 Å². The number of likely N-dealkylation sites (tertiary alicyclic amines) is 1. The number of amides is 2. The van der Waals surface area contributed by atoms with Crippen LogP contribution in [-0.2, 0) is 4.79 Å². The number of nitrogens with one attached hydrogen (secondary N) is 1. The third kappa shape index (κ3) is 4.60. The summed E-state index contributed by atoms with van der Waals surface area (Å²) in [5.74, 6) is 0.811. The molecule has 0 spiro atoms.